The lowest BCUT2D eigenvalue weighted by molar-refractivity contribution is -0.384. The van der Waals surface area contributed by atoms with E-state index < -0.39 is 4.92 Å². The molecule has 1 aromatic carbocycles. The summed E-state index contributed by atoms with van der Waals surface area (Å²) in [5.41, 5.74) is 1.17. The van der Waals surface area contributed by atoms with Crippen LogP contribution in [0.2, 0.25) is 0 Å². The molecule has 1 aliphatic carbocycles. The van der Waals surface area contributed by atoms with Gasteiger partial charge in [-0.2, -0.15) is 0 Å². The first-order valence-electron chi connectivity index (χ1n) is 8.35. The summed E-state index contributed by atoms with van der Waals surface area (Å²) in [7, 11) is 0. The topological polar surface area (TPSA) is 76.3 Å². The molecule has 2 aromatic rings. The first kappa shape index (κ1) is 18.6. The number of nitro groups is 1. The maximum absolute atomic E-state index is 12.7. The summed E-state index contributed by atoms with van der Waals surface area (Å²) in [6.45, 7) is 4.17. The van der Waals surface area contributed by atoms with Gasteiger partial charge in [0.05, 0.1) is 16.4 Å². The van der Waals surface area contributed by atoms with Crippen molar-refractivity contribution < 1.29 is 9.72 Å². The van der Waals surface area contributed by atoms with Crippen molar-refractivity contribution in [2.75, 3.05) is 17.2 Å². The Morgan fingerprint density at radius 3 is 2.73 bits per heavy atom. The number of fused-ring (bicyclic) bond motifs is 1. The van der Waals surface area contributed by atoms with E-state index in [1.807, 2.05) is 0 Å². The molecule has 0 saturated heterocycles. The van der Waals surface area contributed by atoms with Crippen molar-refractivity contribution in [2.24, 2.45) is 0 Å². The van der Waals surface area contributed by atoms with Crippen LogP contribution in [-0.4, -0.2) is 28.1 Å². The maximum Gasteiger partial charge on any atom is 0.269 e. The van der Waals surface area contributed by atoms with Gasteiger partial charge in [-0.05, 0) is 37.8 Å². The fourth-order valence-electron chi connectivity index (χ4n) is 2.76. The average molecular weight is 390 g/mol. The monoisotopic (exact) mass is 389 g/mol. The highest BCUT2D eigenvalue weighted by atomic mass is 32.2. The number of hydrogen-bond donors (Lipinski definition) is 0. The van der Waals surface area contributed by atoms with E-state index >= 15 is 0 Å². The Kier molecular flexibility index (Phi) is 6.05. The number of hydrogen-bond acceptors (Lipinski definition) is 6. The molecule has 0 unspecified atom stereocenters. The van der Waals surface area contributed by atoms with Gasteiger partial charge in [0.1, 0.15) is 0 Å². The largest absolute Gasteiger partial charge is 0.284 e. The molecule has 3 rings (SSSR count). The minimum atomic E-state index is -0.435. The minimum Gasteiger partial charge on any atom is -0.284 e. The van der Waals surface area contributed by atoms with E-state index in [9.17, 15) is 14.9 Å². The highest BCUT2D eigenvalue weighted by Crippen LogP contribution is 2.32. The molecule has 136 valence electrons. The van der Waals surface area contributed by atoms with Gasteiger partial charge >= 0.3 is 0 Å². The van der Waals surface area contributed by atoms with E-state index in [-0.39, 0.29) is 17.3 Å². The van der Waals surface area contributed by atoms with Crippen LogP contribution in [0.5, 0.6) is 0 Å². The van der Waals surface area contributed by atoms with Crippen LogP contribution in [0.1, 0.15) is 23.4 Å². The number of aryl methyl sites for hydroxylation is 2. The molecular formula is C18H19N3O3S2. The van der Waals surface area contributed by atoms with Crippen LogP contribution in [0.15, 0.2) is 41.8 Å². The zero-order chi connectivity index (χ0) is 18.5. The molecule has 26 heavy (non-hydrogen) atoms. The molecule has 1 aliphatic rings. The van der Waals surface area contributed by atoms with Gasteiger partial charge in [-0.15, -0.1) is 29.7 Å². The van der Waals surface area contributed by atoms with Crippen LogP contribution in [0.4, 0.5) is 10.8 Å². The fraction of sp³-hybridized carbons (Fsp3) is 0.333. The minimum absolute atomic E-state index is 0.0423. The van der Waals surface area contributed by atoms with Gasteiger partial charge in [-0.25, -0.2) is 4.98 Å². The van der Waals surface area contributed by atoms with Crippen molar-refractivity contribution in [1.29, 1.82) is 0 Å². The standard InChI is InChI=1S/C18H19N3O3S2/c1-2-11-20(18-19-15-5-3-4-6-16(15)26-18)17(22)12-25-14-9-7-13(8-10-14)21(23)24/h2,7-10H,1,3-6,11-12H2. The quantitative estimate of drug-likeness (QED) is 0.306. The Balaban J connectivity index is 1.67. The van der Waals surface area contributed by atoms with Crippen molar-refractivity contribution in [3.05, 3.63) is 57.6 Å². The maximum atomic E-state index is 12.7. The summed E-state index contributed by atoms with van der Waals surface area (Å²) in [6, 6.07) is 6.22. The molecule has 0 radical (unpaired) electrons. The van der Waals surface area contributed by atoms with Gasteiger partial charge in [-0.3, -0.25) is 19.8 Å². The fourth-order valence-corrected chi connectivity index (χ4v) is 4.71. The van der Waals surface area contributed by atoms with E-state index in [1.54, 1.807) is 34.4 Å². The number of non-ortho nitro benzene ring substituents is 1. The molecule has 8 heteroatoms. The van der Waals surface area contributed by atoms with Gasteiger partial charge in [0.25, 0.3) is 5.69 Å². The summed E-state index contributed by atoms with van der Waals surface area (Å²) < 4.78 is 0. The second kappa shape index (κ2) is 8.46. The Hall–Kier alpha value is -2.19. The summed E-state index contributed by atoms with van der Waals surface area (Å²) in [5.74, 6) is 0.204. The third-order valence-corrected chi connectivity index (χ3v) is 6.27. The van der Waals surface area contributed by atoms with E-state index in [0.29, 0.717) is 6.54 Å². The third kappa shape index (κ3) is 4.31. The number of aromatic nitrogens is 1. The van der Waals surface area contributed by atoms with Crippen LogP contribution in [-0.2, 0) is 17.6 Å². The Morgan fingerprint density at radius 2 is 2.08 bits per heavy atom. The number of rotatable bonds is 7. The van der Waals surface area contributed by atoms with Gasteiger partial charge in [0.2, 0.25) is 5.91 Å². The van der Waals surface area contributed by atoms with Crippen molar-refractivity contribution in [3.63, 3.8) is 0 Å². The number of nitro benzene ring substituents is 1. The highest BCUT2D eigenvalue weighted by molar-refractivity contribution is 8.00. The molecule has 0 bridgehead atoms. The van der Waals surface area contributed by atoms with Crippen LogP contribution >= 0.6 is 23.1 Å². The van der Waals surface area contributed by atoms with E-state index in [4.69, 9.17) is 0 Å². The first-order chi connectivity index (χ1) is 12.6. The van der Waals surface area contributed by atoms with E-state index in [1.165, 1.54) is 35.2 Å². The molecule has 0 aliphatic heterocycles. The van der Waals surface area contributed by atoms with E-state index in [0.717, 1.165) is 35.0 Å². The number of carbonyl (C=O) groups excluding carboxylic acids is 1. The first-order valence-corrected chi connectivity index (χ1v) is 10.2. The number of amides is 1. The van der Waals surface area contributed by atoms with Crippen LogP contribution in [0.25, 0.3) is 0 Å². The number of nitrogens with zero attached hydrogens (tertiary/aromatic N) is 3. The Morgan fingerprint density at radius 1 is 1.35 bits per heavy atom. The van der Waals surface area contributed by atoms with Crippen LogP contribution < -0.4 is 4.90 Å². The number of carbonyl (C=O) groups is 1. The second-order valence-corrected chi connectivity index (χ2v) is 8.02. The molecule has 1 aromatic heterocycles. The molecular weight excluding hydrogens is 370 g/mol. The summed E-state index contributed by atoms with van der Waals surface area (Å²) in [5, 5.41) is 11.4. The summed E-state index contributed by atoms with van der Waals surface area (Å²) in [4.78, 5) is 31.4. The van der Waals surface area contributed by atoms with Crippen LogP contribution in [0, 0.1) is 10.1 Å². The third-order valence-electron chi connectivity index (χ3n) is 4.09. The molecule has 0 saturated carbocycles. The van der Waals surface area contributed by atoms with Crippen molar-refractivity contribution in [1.82, 2.24) is 4.98 Å². The summed E-state index contributed by atoms with van der Waals surface area (Å²) >= 11 is 2.96. The number of anilines is 1. The van der Waals surface area contributed by atoms with Gasteiger partial charge < -0.3 is 0 Å². The molecule has 0 fully saturated rings. The van der Waals surface area contributed by atoms with Gasteiger partial charge in [-0.1, -0.05) is 6.08 Å². The lowest BCUT2D eigenvalue weighted by Gasteiger charge is -2.17. The number of thiazole rings is 1. The normalized spacial score (nSPS) is 13.1. The molecule has 0 N–H and O–H groups in total. The zero-order valence-electron chi connectivity index (χ0n) is 14.2. The Labute approximate surface area is 160 Å². The molecule has 0 atom stereocenters. The Bertz CT molecular complexity index is 794. The van der Waals surface area contributed by atoms with Crippen molar-refractivity contribution >= 4 is 39.8 Å². The van der Waals surface area contributed by atoms with E-state index in [2.05, 4.69) is 11.6 Å². The zero-order valence-corrected chi connectivity index (χ0v) is 15.9. The number of thioether (sulfide) groups is 1. The second-order valence-electron chi connectivity index (χ2n) is 5.91. The smallest absolute Gasteiger partial charge is 0.269 e. The molecule has 6 nitrogen and oxygen atoms in total. The van der Waals surface area contributed by atoms with Gasteiger partial charge in [0, 0.05) is 28.5 Å². The average Bonchev–Trinajstić information content (AvgIpc) is 3.08. The molecule has 1 heterocycles. The predicted molar refractivity (Wildman–Crippen MR) is 105 cm³/mol. The lowest BCUT2D eigenvalue weighted by Crippen LogP contribution is -2.32. The SMILES string of the molecule is C=CCN(C(=O)CSc1ccc([N+](=O)[O-])cc1)c1nc2c(s1)CCCC2. The molecule has 0 spiro atoms. The lowest BCUT2D eigenvalue weighted by atomic mass is 10.0. The van der Waals surface area contributed by atoms with Crippen LogP contribution in [0.3, 0.4) is 0 Å². The van der Waals surface area contributed by atoms with Crippen molar-refractivity contribution in [3.8, 4) is 0 Å². The molecule has 1 amide bonds. The van der Waals surface area contributed by atoms with Gasteiger partial charge in [0.15, 0.2) is 5.13 Å². The summed E-state index contributed by atoms with van der Waals surface area (Å²) in [6.07, 6.45) is 6.07. The highest BCUT2D eigenvalue weighted by Gasteiger charge is 2.22. The number of benzene rings is 1. The predicted octanol–water partition coefficient (Wildman–Crippen LogP) is 4.24. The van der Waals surface area contributed by atoms with Crippen molar-refractivity contribution in [2.45, 2.75) is 30.6 Å².